The third-order valence-corrected chi connectivity index (χ3v) is 1.81. The molecule has 56 valence electrons. The number of rotatable bonds is 2. The summed E-state index contributed by atoms with van der Waals surface area (Å²) in [4.78, 5) is 0. The van der Waals surface area contributed by atoms with Gasteiger partial charge in [-0.3, -0.25) is 0 Å². The molecule has 0 aromatic carbocycles. The normalized spacial score (nSPS) is 10.3. The second-order valence-corrected chi connectivity index (χ2v) is 2.58. The summed E-state index contributed by atoms with van der Waals surface area (Å²) in [5.41, 5.74) is 2.56. The average Bonchev–Trinajstić information content (AvgIpc) is 2.20. The molecule has 0 fully saturated rings. The van der Waals surface area contributed by atoms with Crippen LogP contribution in [-0.4, -0.2) is 0 Å². The number of hydrogen-bond acceptors (Lipinski definition) is 1. The second kappa shape index (κ2) is 2.86. The molecule has 0 saturated carbocycles. The zero-order valence-electron chi connectivity index (χ0n) is 6.85. The Morgan fingerprint density at radius 1 is 1.60 bits per heavy atom. The minimum Gasteiger partial charge on any atom is -0.244 e. The van der Waals surface area contributed by atoms with Crippen molar-refractivity contribution in [3.8, 4) is 0 Å². The van der Waals surface area contributed by atoms with Crippen molar-refractivity contribution in [3.63, 3.8) is 0 Å². The summed E-state index contributed by atoms with van der Waals surface area (Å²) in [6, 6.07) is 0. The van der Waals surface area contributed by atoms with Crippen LogP contribution in [0.4, 0.5) is 0 Å². The van der Waals surface area contributed by atoms with Crippen LogP contribution < -0.4 is 4.74 Å². The van der Waals surface area contributed by atoms with Gasteiger partial charge in [-0.05, 0) is 11.2 Å². The fraction of sp³-hybridized carbons (Fsp3) is 0.625. The van der Waals surface area contributed by atoms with Gasteiger partial charge in [0.15, 0.2) is 13.3 Å². The lowest BCUT2D eigenvalue weighted by Gasteiger charge is -1.86. The topological polar surface area (TPSA) is 17.0 Å². The minimum atomic E-state index is 1.12. The molecule has 0 spiro atoms. The largest absolute Gasteiger partial charge is 0.244 e. The van der Waals surface area contributed by atoms with Gasteiger partial charge in [0.2, 0.25) is 5.69 Å². The first-order valence-corrected chi connectivity index (χ1v) is 3.69. The molecule has 2 nitrogen and oxygen atoms in total. The molecule has 1 aromatic rings. The van der Waals surface area contributed by atoms with Gasteiger partial charge < -0.3 is 0 Å². The van der Waals surface area contributed by atoms with Crippen molar-refractivity contribution in [1.29, 1.82) is 0 Å². The summed E-state index contributed by atoms with van der Waals surface area (Å²) in [6.07, 6.45) is 4.13. The zero-order valence-corrected chi connectivity index (χ0v) is 6.85. The number of hydrogen-bond donors (Lipinski definition) is 0. The fourth-order valence-electron chi connectivity index (χ4n) is 1.02. The second-order valence-electron chi connectivity index (χ2n) is 2.58. The monoisotopic (exact) mass is 140 g/mol. The summed E-state index contributed by atoms with van der Waals surface area (Å²) < 4.78 is 6.96. The Bertz CT molecular complexity index is 215. The van der Waals surface area contributed by atoms with E-state index in [0.29, 0.717) is 0 Å². The van der Waals surface area contributed by atoms with Crippen molar-refractivity contribution < 1.29 is 9.26 Å². The van der Waals surface area contributed by atoms with Crippen LogP contribution in [0.15, 0.2) is 10.8 Å². The smallest absolute Gasteiger partial charge is 0.231 e. The Hall–Kier alpha value is -0.790. The molecule has 1 heterocycles. The van der Waals surface area contributed by atoms with Crippen molar-refractivity contribution in [2.75, 3.05) is 0 Å². The first-order valence-electron chi connectivity index (χ1n) is 3.69. The van der Waals surface area contributed by atoms with Gasteiger partial charge in [0.05, 0.1) is 5.56 Å². The molecular formula is C8H14NO+. The standard InChI is InChI=1S/C8H14NO/c1-4-5-8-6-10-9(3)7(8)2/h6H,4-5H2,1-3H3/q+1. The van der Waals surface area contributed by atoms with Gasteiger partial charge in [-0.15, -0.1) is 0 Å². The molecule has 0 bridgehead atoms. The van der Waals surface area contributed by atoms with E-state index in [4.69, 9.17) is 4.52 Å². The van der Waals surface area contributed by atoms with Crippen LogP contribution >= 0.6 is 0 Å². The molecule has 0 radical (unpaired) electrons. The van der Waals surface area contributed by atoms with Crippen LogP contribution in [0.1, 0.15) is 24.6 Å². The number of nitrogens with zero attached hydrogens (tertiary/aromatic N) is 1. The first-order chi connectivity index (χ1) is 4.75. The summed E-state index contributed by atoms with van der Waals surface area (Å²) in [5, 5.41) is 0. The molecule has 0 aliphatic heterocycles. The van der Waals surface area contributed by atoms with Crippen LogP contribution in [0.5, 0.6) is 0 Å². The van der Waals surface area contributed by atoms with Crippen molar-refractivity contribution >= 4 is 0 Å². The molecule has 1 rings (SSSR count). The predicted octanol–water partition coefficient (Wildman–Crippen LogP) is 1.37. The quantitative estimate of drug-likeness (QED) is 0.567. The molecule has 0 unspecified atom stereocenters. The maximum Gasteiger partial charge on any atom is 0.231 e. The molecule has 1 aromatic heterocycles. The van der Waals surface area contributed by atoms with Crippen molar-refractivity contribution in [2.45, 2.75) is 26.7 Å². The van der Waals surface area contributed by atoms with Crippen LogP contribution in [0.3, 0.4) is 0 Å². The molecule has 0 atom stereocenters. The van der Waals surface area contributed by atoms with Gasteiger partial charge in [-0.1, -0.05) is 13.3 Å². The van der Waals surface area contributed by atoms with E-state index in [1.807, 2.05) is 13.3 Å². The fourth-order valence-corrected chi connectivity index (χ4v) is 1.02. The summed E-state index contributed by atoms with van der Waals surface area (Å²) in [6.45, 7) is 4.25. The van der Waals surface area contributed by atoms with Crippen LogP contribution in [0.2, 0.25) is 0 Å². The highest BCUT2D eigenvalue weighted by Crippen LogP contribution is 2.04. The summed E-state index contributed by atoms with van der Waals surface area (Å²) in [7, 11) is 1.93. The minimum absolute atomic E-state index is 1.12. The third kappa shape index (κ3) is 1.20. The maximum absolute atomic E-state index is 5.16. The predicted molar refractivity (Wildman–Crippen MR) is 38.6 cm³/mol. The molecule has 10 heavy (non-hydrogen) atoms. The molecule has 0 aliphatic rings. The molecule has 0 aliphatic carbocycles. The van der Waals surface area contributed by atoms with E-state index in [2.05, 4.69) is 13.8 Å². The summed E-state index contributed by atoms with van der Waals surface area (Å²) in [5.74, 6) is 0. The van der Waals surface area contributed by atoms with Crippen LogP contribution in [0, 0.1) is 6.92 Å². The van der Waals surface area contributed by atoms with Gasteiger partial charge in [0.25, 0.3) is 0 Å². The van der Waals surface area contributed by atoms with Gasteiger partial charge in [0.1, 0.15) is 0 Å². The Balaban J connectivity index is 2.83. The van der Waals surface area contributed by atoms with Crippen molar-refractivity contribution in [2.24, 2.45) is 7.05 Å². The van der Waals surface area contributed by atoms with Gasteiger partial charge in [-0.2, -0.15) is 0 Å². The Labute approximate surface area is 61.4 Å². The lowest BCUT2D eigenvalue weighted by Crippen LogP contribution is -2.28. The molecule has 0 N–H and O–H groups in total. The maximum atomic E-state index is 5.16. The van der Waals surface area contributed by atoms with Crippen LogP contribution in [-0.2, 0) is 13.5 Å². The number of aryl methyl sites for hydroxylation is 2. The Morgan fingerprint density at radius 3 is 2.70 bits per heavy atom. The van der Waals surface area contributed by atoms with E-state index < -0.39 is 0 Å². The van der Waals surface area contributed by atoms with E-state index in [9.17, 15) is 0 Å². The van der Waals surface area contributed by atoms with E-state index >= 15 is 0 Å². The SMILES string of the molecule is CCCc1co[n+](C)c1C. The van der Waals surface area contributed by atoms with Crippen molar-refractivity contribution in [3.05, 3.63) is 17.5 Å². The van der Waals surface area contributed by atoms with Gasteiger partial charge in [0, 0.05) is 6.92 Å². The van der Waals surface area contributed by atoms with Gasteiger partial charge >= 0.3 is 0 Å². The molecular weight excluding hydrogens is 126 g/mol. The first kappa shape index (κ1) is 7.32. The number of aromatic nitrogens is 1. The lowest BCUT2D eigenvalue weighted by molar-refractivity contribution is -0.849. The molecule has 0 saturated heterocycles. The zero-order chi connectivity index (χ0) is 7.56. The lowest BCUT2D eigenvalue weighted by atomic mass is 10.1. The highest BCUT2D eigenvalue weighted by molar-refractivity contribution is 5.08. The highest BCUT2D eigenvalue weighted by Gasteiger charge is 2.11. The third-order valence-electron chi connectivity index (χ3n) is 1.81. The van der Waals surface area contributed by atoms with E-state index in [1.54, 1.807) is 4.74 Å². The van der Waals surface area contributed by atoms with Crippen LogP contribution in [0.25, 0.3) is 0 Å². The van der Waals surface area contributed by atoms with E-state index in [0.717, 1.165) is 6.42 Å². The highest BCUT2D eigenvalue weighted by atomic mass is 16.5. The average molecular weight is 140 g/mol. The Morgan fingerprint density at radius 2 is 2.30 bits per heavy atom. The van der Waals surface area contributed by atoms with E-state index in [1.165, 1.54) is 17.7 Å². The van der Waals surface area contributed by atoms with E-state index in [-0.39, 0.29) is 0 Å². The molecule has 0 amide bonds. The Kier molecular flexibility index (Phi) is 2.10. The summed E-state index contributed by atoms with van der Waals surface area (Å²) >= 11 is 0. The molecule has 2 heteroatoms. The van der Waals surface area contributed by atoms with Crippen molar-refractivity contribution in [1.82, 2.24) is 0 Å². The van der Waals surface area contributed by atoms with Gasteiger partial charge in [-0.25, -0.2) is 4.52 Å².